The number of carbonyl (C=O) groups excluding carboxylic acids is 1. The molecule has 0 unspecified atom stereocenters. The van der Waals surface area contributed by atoms with Crippen LogP contribution in [0.5, 0.6) is 0 Å². The van der Waals surface area contributed by atoms with E-state index < -0.39 is 0 Å². The van der Waals surface area contributed by atoms with E-state index in [2.05, 4.69) is 15.5 Å². The monoisotopic (exact) mass is 434 g/mol. The number of nitrogens with one attached hydrogen (secondary N) is 1. The number of benzene rings is 2. The quantitative estimate of drug-likeness (QED) is 0.536. The average Bonchev–Trinajstić information content (AvgIpc) is 3.03. The molecule has 0 aliphatic rings. The van der Waals surface area contributed by atoms with Crippen molar-refractivity contribution in [3.05, 3.63) is 64.1 Å². The number of nitrogens with zero attached hydrogens (tertiary/aromatic N) is 3. The van der Waals surface area contributed by atoms with Crippen LogP contribution < -0.4 is 5.32 Å². The molecule has 1 N–H and O–H groups in total. The van der Waals surface area contributed by atoms with Crippen LogP contribution in [0.3, 0.4) is 0 Å². The van der Waals surface area contributed by atoms with E-state index in [1.807, 2.05) is 54.8 Å². The van der Waals surface area contributed by atoms with Gasteiger partial charge in [-0.3, -0.25) is 9.36 Å². The summed E-state index contributed by atoms with van der Waals surface area (Å²) >= 11 is 13.8. The number of hydrogen-bond acceptors (Lipinski definition) is 4. The van der Waals surface area contributed by atoms with Crippen molar-refractivity contribution >= 4 is 40.9 Å². The summed E-state index contributed by atoms with van der Waals surface area (Å²) in [6.07, 6.45) is 0. The Balaban J connectivity index is 1.93. The lowest BCUT2D eigenvalue weighted by Crippen LogP contribution is -2.31. The lowest BCUT2D eigenvalue weighted by molar-refractivity contribution is -0.119. The predicted octanol–water partition coefficient (Wildman–Crippen LogP) is 4.92. The Kier molecular flexibility index (Phi) is 6.99. The predicted molar refractivity (Wildman–Crippen MR) is 115 cm³/mol. The molecule has 1 amide bonds. The first-order valence-electron chi connectivity index (χ1n) is 8.78. The van der Waals surface area contributed by atoms with Gasteiger partial charge in [0.25, 0.3) is 0 Å². The maximum absolute atomic E-state index is 12.0. The number of carbonyl (C=O) groups is 1. The highest BCUT2D eigenvalue weighted by Crippen LogP contribution is 2.32. The van der Waals surface area contributed by atoms with E-state index in [9.17, 15) is 4.79 Å². The van der Waals surface area contributed by atoms with E-state index in [-0.39, 0.29) is 17.7 Å². The Hall–Kier alpha value is -2.02. The Bertz CT molecular complexity index is 960. The molecule has 3 rings (SSSR count). The van der Waals surface area contributed by atoms with Crippen LogP contribution in [0, 0.1) is 0 Å². The molecule has 8 heteroatoms. The fourth-order valence-electron chi connectivity index (χ4n) is 2.67. The van der Waals surface area contributed by atoms with Gasteiger partial charge in [0, 0.05) is 16.6 Å². The molecule has 2 aromatic carbocycles. The van der Waals surface area contributed by atoms with Gasteiger partial charge in [-0.1, -0.05) is 65.3 Å². The summed E-state index contributed by atoms with van der Waals surface area (Å²) in [5, 5.41) is 13.3. The molecule has 0 saturated carbocycles. The molecule has 0 atom stereocenters. The summed E-state index contributed by atoms with van der Waals surface area (Å²) in [7, 11) is 0. The SMILES string of the molecule is CC(C)NC(=O)CSc1nnc(-c2ccc(Cl)cc2Cl)n1Cc1ccccc1. The number of rotatable bonds is 7. The molecule has 0 saturated heterocycles. The smallest absolute Gasteiger partial charge is 0.230 e. The van der Waals surface area contributed by atoms with Crippen LogP contribution in [-0.4, -0.2) is 32.5 Å². The van der Waals surface area contributed by atoms with Gasteiger partial charge in [0.2, 0.25) is 5.91 Å². The van der Waals surface area contributed by atoms with Crippen LogP contribution in [0.1, 0.15) is 19.4 Å². The first-order chi connectivity index (χ1) is 13.4. The van der Waals surface area contributed by atoms with Gasteiger partial charge < -0.3 is 5.32 Å². The second kappa shape index (κ2) is 9.45. The average molecular weight is 435 g/mol. The van der Waals surface area contributed by atoms with Crippen molar-refractivity contribution in [3.63, 3.8) is 0 Å². The summed E-state index contributed by atoms with van der Waals surface area (Å²) in [4.78, 5) is 12.0. The molecule has 28 heavy (non-hydrogen) atoms. The molecular weight excluding hydrogens is 415 g/mol. The minimum absolute atomic E-state index is 0.0414. The second-order valence-electron chi connectivity index (χ2n) is 6.51. The highest BCUT2D eigenvalue weighted by molar-refractivity contribution is 7.99. The zero-order valence-electron chi connectivity index (χ0n) is 15.5. The molecule has 0 aliphatic heterocycles. The van der Waals surface area contributed by atoms with Gasteiger partial charge in [-0.15, -0.1) is 10.2 Å². The molecule has 0 spiro atoms. The maximum Gasteiger partial charge on any atom is 0.230 e. The fourth-order valence-corrected chi connectivity index (χ4v) is 3.91. The number of halogens is 2. The standard InChI is InChI=1S/C20H20Cl2N4OS/c1-13(2)23-18(27)12-28-20-25-24-19(16-9-8-15(21)10-17(16)22)26(20)11-14-6-4-3-5-7-14/h3-10,13H,11-12H2,1-2H3,(H,23,27). The van der Waals surface area contributed by atoms with E-state index in [0.29, 0.717) is 27.6 Å². The highest BCUT2D eigenvalue weighted by atomic mass is 35.5. The van der Waals surface area contributed by atoms with Crippen LogP contribution in [-0.2, 0) is 11.3 Å². The molecule has 146 valence electrons. The van der Waals surface area contributed by atoms with Crippen LogP contribution >= 0.6 is 35.0 Å². The van der Waals surface area contributed by atoms with Crippen molar-refractivity contribution in [1.29, 1.82) is 0 Å². The third-order valence-electron chi connectivity index (χ3n) is 3.85. The first-order valence-corrected chi connectivity index (χ1v) is 10.5. The fraction of sp³-hybridized carbons (Fsp3) is 0.250. The first kappa shape index (κ1) is 20.7. The summed E-state index contributed by atoms with van der Waals surface area (Å²) in [6, 6.07) is 15.4. The Morgan fingerprint density at radius 3 is 2.57 bits per heavy atom. The van der Waals surface area contributed by atoms with Gasteiger partial charge in [0.05, 0.1) is 17.3 Å². The van der Waals surface area contributed by atoms with Gasteiger partial charge in [0.1, 0.15) is 0 Å². The molecule has 0 radical (unpaired) electrons. The lowest BCUT2D eigenvalue weighted by Gasteiger charge is -2.12. The van der Waals surface area contributed by atoms with Crippen molar-refractivity contribution in [1.82, 2.24) is 20.1 Å². The molecule has 0 bridgehead atoms. The zero-order valence-corrected chi connectivity index (χ0v) is 17.9. The Morgan fingerprint density at radius 1 is 1.14 bits per heavy atom. The topological polar surface area (TPSA) is 59.8 Å². The van der Waals surface area contributed by atoms with E-state index in [1.165, 1.54) is 11.8 Å². The van der Waals surface area contributed by atoms with Crippen LogP contribution in [0.15, 0.2) is 53.7 Å². The number of hydrogen-bond donors (Lipinski definition) is 1. The largest absolute Gasteiger partial charge is 0.353 e. The third kappa shape index (κ3) is 5.28. The zero-order chi connectivity index (χ0) is 20.1. The summed E-state index contributed by atoms with van der Waals surface area (Å²) in [6.45, 7) is 4.43. The van der Waals surface area contributed by atoms with E-state index in [0.717, 1.165) is 11.1 Å². The molecule has 1 aromatic heterocycles. The minimum Gasteiger partial charge on any atom is -0.353 e. The van der Waals surface area contributed by atoms with E-state index in [4.69, 9.17) is 23.2 Å². The third-order valence-corrected chi connectivity index (χ3v) is 5.37. The molecular formula is C20H20Cl2N4OS. The van der Waals surface area contributed by atoms with Crippen LogP contribution in [0.25, 0.3) is 11.4 Å². The molecule has 3 aromatic rings. The van der Waals surface area contributed by atoms with Gasteiger partial charge >= 0.3 is 0 Å². The second-order valence-corrected chi connectivity index (χ2v) is 8.30. The van der Waals surface area contributed by atoms with Gasteiger partial charge in [-0.05, 0) is 37.6 Å². The maximum atomic E-state index is 12.0. The molecule has 1 heterocycles. The number of amides is 1. The van der Waals surface area contributed by atoms with Crippen LogP contribution in [0.2, 0.25) is 10.0 Å². The van der Waals surface area contributed by atoms with Crippen molar-refractivity contribution < 1.29 is 4.79 Å². The summed E-state index contributed by atoms with van der Waals surface area (Å²) < 4.78 is 1.97. The van der Waals surface area contributed by atoms with E-state index in [1.54, 1.807) is 12.1 Å². The van der Waals surface area contributed by atoms with Crippen molar-refractivity contribution in [2.75, 3.05) is 5.75 Å². The molecule has 5 nitrogen and oxygen atoms in total. The van der Waals surface area contributed by atoms with Gasteiger partial charge in [-0.25, -0.2) is 0 Å². The highest BCUT2D eigenvalue weighted by Gasteiger charge is 2.18. The summed E-state index contributed by atoms with van der Waals surface area (Å²) in [5.41, 5.74) is 1.84. The molecule has 0 fully saturated rings. The minimum atomic E-state index is -0.0414. The number of aromatic nitrogens is 3. The van der Waals surface area contributed by atoms with Gasteiger partial charge in [0.15, 0.2) is 11.0 Å². The Labute approximate surface area is 178 Å². The lowest BCUT2D eigenvalue weighted by atomic mass is 10.2. The van der Waals surface area contributed by atoms with E-state index >= 15 is 0 Å². The van der Waals surface area contributed by atoms with Crippen molar-refractivity contribution in [3.8, 4) is 11.4 Å². The molecule has 0 aliphatic carbocycles. The van der Waals surface area contributed by atoms with Crippen LogP contribution in [0.4, 0.5) is 0 Å². The van der Waals surface area contributed by atoms with Crippen molar-refractivity contribution in [2.24, 2.45) is 0 Å². The number of thioether (sulfide) groups is 1. The van der Waals surface area contributed by atoms with Gasteiger partial charge in [-0.2, -0.15) is 0 Å². The summed E-state index contributed by atoms with van der Waals surface area (Å²) in [5.74, 6) is 0.858. The van der Waals surface area contributed by atoms with Crippen molar-refractivity contribution in [2.45, 2.75) is 31.6 Å². The Morgan fingerprint density at radius 2 is 1.89 bits per heavy atom. The normalized spacial score (nSPS) is 11.0.